The molecule has 3 N–H and O–H groups in total. The minimum Gasteiger partial charge on any atom is -0.342 e. The zero-order chi connectivity index (χ0) is 14.3. The largest absolute Gasteiger partial charge is 0.342 e. The van der Waals surface area contributed by atoms with Gasteiger partial charge in [0.15, 0.2) is 0 Å². The van der Waals surface area contributed by atoms with E-state index < -0.39 is 0 Å². The minimum atomic E-state index is -0.0393. The van der Waals surface area contributed by atoms with E-state index >= 15 is 0 Å². The third-order valence-corrected chi connectivity index (χ3v) is 2.78. The first kappa shape index (κ1) is 15.2. The SMILES string of the molecule is CC(=O)N(C)Cc1cccc(NC(=O)CCCN)c1. The Morgan fingerprint density at radius 2 is 2.11 bits per heavy atom. The van der Waals surface area contributed by atoms with Crippen LogP contribution in [-0.2, 0) is 16.1 Å². The molecule has 0 aliphatic rings. The summed E-state index contributed by atoms with van der Waals surface area (Å²) in [7, 11) is 1.74. The number of nitrogens with two attached hydrogens (primary N) is 1. The Morgan fingerprint density at radius 3 is 2.74 bits per heavy atom. The number of rotatable bonds is 6. The van der Waals surface area contributed by atoms with E-state index in [4.69, 9.17) is 5.73 Å². The molecule has 0 unspecified atom stereocenters. The summed E-state index contributed by atoms with van der Waals surface area (Å²) in [6.07, 6.45) is 1.10. The molecule has 0 aliphatic heterocycles. The molecule has 104 valence electrons. The first-order valence-corrected chi connectivity index (χ1v) is 6.33. The van der Waals surface area contributed by atoms with E-state index in [1.54, 1.807) is 11.9 Å². The lowest BCUT2D eigenvalue weighted by atomic mass is 10.2. The number of carbonyl (C=O) groups excluding carboxylic acids is 2. The number of nitrogens with zero attached hydrogens (tertiary/aromatic N) is 1. The molecule has 0 bridgehead atoms. The zero-order valence-electron chi connectivity index (χ0n) is 11.5. The Balaban J connectivity index is 2.61. The van der Waals surface area contributed by atoms with E-state index in [0.29, 0.717) is 25.9 Å². The van der Waals surface area contributed by atoms with Crippen molar-refractivity contribution in [1.82, 2.24) is 4.90 Å². The summed E-state index contributed by atoms with van der Waals surface area (Å²) in [6.45, 7) is 2.57. The van der Waals surface area contributed by atoms with E-state index in [1.807, 2.05) is 24.3 Å². The van der Waals surface area contributed by atoms with Gasteiger partial charge in [0.25, 0.3) is 0 Å². The Kier molecular flexibility index (Phi) is 6.02. The van der Waals surface area contributed by atoms with Gasteiger partial charge in [-0.1, -0.05) is 12.1 Å². The maximum absolute atomic E-state index is 11.6. The van der Waals surface area contributed by atoms with Gasteiger partial charge < -0.3 is 16.0 Å². The van der Waals surface area contributed by atoms with E-state index in [1.165, 1.54) is 6.92 Å². The molecule has 0 heterocycles. The number of benzene rings is 1. The third kappa shape index (κ3) is 5.52. The molecule has 0 saturated carbocycles. The van der Waals surface area contributed by atoms with Crippen molar-refractivity contribution in [2.75, 3.05) is 18.9 Å². The van der Waals surface area contributed by atoms with Gasteiger partial charge in [0.1, 0.15) is 0 Å². The standard InChI is InChI=1S/C14H21N3O2/c1-11(18)17(2)10-12-5-3-6-13(9-12)16-14(19)7-4-8-15/h3,5-6,9H,4,7-8,10,15H2,1-2H3,(H,16,19). The normalized spacial score (nSPS) is 10.1. The van der Waals surface area contributed by atoms with Crippen LogP contribution in [0.3, 0.4) is 0 Å². The number of hydrogen-bond acceptors (Lipinski definition) is 3. The van der Waals surface area contributed by atoms with Crippen LogP contribution in [0.1, 0.15) is 25.3 Å². The molecule has 0 fully saturated rings. The number of anilines is 1. The van der Waals surface area contributed by atoms with Crippen molar-refractivity contribution >= 4 is 17.5 Å². The van der Waals surface area contributed by atoms with Gasteiger partial charge >= 0.3 is 0 Å². The number of carbonyl (C=O) groups is 2. The predicted molar refractivity (Wildman–Crippen MR) is 75.5 cm³/mol. The Morgan fingerprint density at radius 1 is 1.37 bits per heavy atom. The fraction of sp³-hybridized carbons (Fsp3) is 0.429. The maximum Gasteiger partial charge on any atom is 0.224 e. The van der Waals surface area contributed by atoms with E-state index in [2.05, 4.69) is 5.32 Å². The predicted octanol–water partition coefficient (Wildman–Crippen LogP) is 1.34. The van der Waals surface area contributed by atoms with Gasteiger partial charge in [0.2, 0.25) is 11.8 Å². The summed E-state index contributed by atoms with van der Waals surface area (Å²) >= 11 is 0. The average molecular weight is 263 g/mol. The van der Waals surface area contributed by atoms with Crippen molar-refractivity contribution in [2.45, 2.75) is 26.3 Å². The van der Waals surface area contributed by atoms with E-state index in [9.17, 15) is 9.59 Å². The molecular weight excluding hydrogens is 242 g/mol. The van der Waals surface area contributed by atoms with Gasteiger partial charge in [-0.3, -0.25) is 9.59 Å². The molecule has 1 aromatic carbocycles. The van der Waals surface area contributed by atoms with Crippen LogP contribution in [0.4, 0.5) is 5.69 Å². The van der Waals surface area contributed by atoms with Crippen molar-refractivity contribution in [3.63, 3.8) is 0 Å². The van der Waals surface area contributed by atoms with Crippen LogP contribution >= 0.6 is 0 Å². The molecule has 1 rings (SSSR count). The average Bonchev–Trinajstić information content (AvgIpc) is 2.36. The van der Waals surface area contributed by atoms with Gasteiger partial charge in [-0.2, -0.15) is 0 Å². The molecular formula is C14H21N3O2. The summed E-state index contributed by atoms with van der Waals surface area (Å²) in [4.78, 5) is 24.4. The van der Waals surface area contributed by atoms with Crippen LogP contribution in [0.2, 0.25) is 0 Å². The first-order valence-electron chi connectivity index (χ1n) is 6.33. The Hall–Kier alpha value is -1.88. The van der Waals surface area contributed by atoms with Gasteiger partial charge in [-0.05, 0) is 30.7 Å². The zero-order valence-corrected chi connectivity index (χ0v) is 11.5. The van der Waals surface area contributed by atoms with Crippen LogP contribution in [-0.4, -0.2) is 30.3 Å². The van der Waals surface area contributed by atoms with E-state index in [0.717, 1.165) is 11.3 Å². The molecule has 0 spiro atoms. The molecule has 5 nitrogen and oxygen atoms in total. The lowest BCUT2D eigenvalue weighted by Crippen LogP contribution is -2.23. The molecule has 2 amide bonds. The Labute approximate surface area is 113 Å². The fourth-order valence-electron chi connectivity index (χ4n) is 1.62. The summed E-state index contributed by atoms with van der Waals surface area (Å²) in [5.41, 5.74) is 7.09. The first-order chi connectivity index (χ1) is 9.02. The highest BCUT2D eigenvalue weighted by atomic mass is 16.2. The van der Waals surface area contributed by atoms with Crippen molar-refractivity contribution < 1.29 is 9.59 Å². The lowest BCUT2D eigenvalue weighted by Gasteiger charge is -2.15. The highest BCUT2D eigenvalue weighted by Gasteiger charge is 2.05. The second-order valence-electron chi connectivity index (χ2n) is 4.52. The summed E-state index contributed by atoms with van der Waals surface area (Å²) in [5, 5.41) is 2.82. The van der Waals surface area contributed by atoms with Crippen molar-refractivity contribution in [3.8, 4) is 0 Å². The van der Waals surface area contributed by atoms with Gasteiger partial charge in [0.05, 0.1) is 0 Å². The molecule has 1 aromatic rings. The molecule has 0 saturated heterocycles. The highest BCUT2D eigenvalue weighted by Crippen LogP contribution is 2.12. The van der Waals surface area contributed by atoms with Crippen molar-refractivity contribution in [2.24, 2.45) is 5.73 Å². The smallest absolute Gasteiger partial charge is 0.224 e. The van der Waals surface area contributed by atoms with Crippen LogP contribution in [0.5, 0.6) is 0 Å². The minimum absolute atomic E-state index is 0.0115. The third-order valence-electron chi connectivity index (χ3n) is 2.78. The second kappa shape index (κ2) is 7.53. The van der Waals surface area contributed by atoms with Crippen LogP contribution in [0, 0.1) is 0 Å². The topological polar surface area (TPSA) is 75.4 Å². The number of amides is 2. The van der Waals surface area contributed by atoms with Gasteiger partial charge in [-0.25, -0.2) is 0 Å². The van der Waals surface area contributed by atoms with Gasteiger partial charge in [-0.15, -0.1) is 0 Å². The van der Waals surface area contributed by atoms with Crippen LogP contribution < -0.4 is 11.1 Å². The van der Waals surface area contributed by atoms with E-state index in [-0.39, 0.29) is 11.8 Å². The molecule has 19 heavy (non-hydrogen) atoms. The van der Waals surface area contributed by atoms with Gasteiger partial charge in [0, 0.05) is 32.6 Å². The number of nitrogens with one attached hydrogen (secondary N) is 1. The monoisotopic (exact) mass is 263 g/mol. The molecule has 0 aliphatic carbocycles. The second-order valence-corrected chi connectivity index (χ2v) is 4.52. The molecule has 0 atom stereocenters. The lowest BCUT2D eigenvalue weighted by molar-refractivity contribution is -0.128. The summed E-state index contributed by atoms with van der Waals surface area (Å²) in [5.74, 6) is -0.0279. The highest BCUT2D eigenvalue weighted by molar-refractivity contribution is 5.90. The summed E-state index contributed by atoms with van der Waals surface area (Å²) in [6, 6.07) is 7.49. The Bertz CT molecular complexity index is 446. The molecule has 0 radical (unpaired) electrons. The van der Waals surface area contributed by atoms with Crippen LogP contribution in [0.15, 0.2) is 24.3 Å². The van der Waals surface area contributed by atoms with Crippen molar-refractivity contribution in [1.29, 1.82) is 0 Å². The summed E-state index contributed by atoms with van der Waals surface area (Å²) < 4.78 is 0. The van der Waals surface area contributed by atoms with Crippen molar-refractivity contribution in [3.05, 3.63) is 29.8 Å². The molecule has 0 aromatic heterocycles. The van der Waals surface area contributed by atoms with Crippen LogP contribution in [0.25, 0.3) is 0 Å². The quantitative estimate of drug-likeness (QED) is 0.813. The number of hydrogen-bond donors (Lipinski definition) is 2. The maximum atomic E-state index is 11.6. The fourth-order valence-corrected chi connectivity index (χ4v) is 1.62. The molecule has 5 heteroatoms.